The molecule has 1 aromatic heterocycles. The Morgan fingerprint density at radius 1 is 1.22 bits per heavy atom. The van der Waals surface area contributed by atoms with E-state index in [1.54, 1.807) is 0 Å². The number of nitrogens with two attached hydrogens (primary N) is 1. The molecule has 1 fully saturated rings. The highest BCUT2D eigenvalue weighted by atomic mass is 35.5. The lowest BCUT2D eigenvalue weighted by Crippen LogP contribution is -2.45. The zero-order chi connectivity index (χ0) is 18.7. The van der Waals surface area contributed by atoms with Gasteiger partial charge >= 0.3 is 0 Å². The highest BCUT2D eigenvalue weighted by Crippen LogP contribution is 2.18. The van der Waals surface area contributed by atoms with Crippen LogP contribution in [0.25, 0.3) is 0 Å². The van der Waals surface area contributed by atoms with Crippen molar-refractivity contribution in [2.75, 3.05) is 13.1 Å². The SMILES string of the molecule is Cc1ccc(Cn2nc(C)c(CCC(=O)N3CCCC(N)C3)c2C)cc1.Cl. The molecule has 1 atom stereocenters. The number of nitrogens with zero attached hydrogens (tertiary/aromatic N) is 3. The van der Waals surface area contributed by atoms with Crippen LogP contribution in [0.2, 0.25) is 0 Å². The number of hydrogen-bond acceptors (Lipinski definition) is 3. The predicted molar refractivity (Wildman–Crippen MR) is 111 cm³/mol. The van der Waals surface area contributed by atoms with Gasteiger partial charge in [0.1, 0.15) is 0 Å². The van der Waals surface area contributed by atoms with Crippen LogP contribution in [0.1, 0.15) is 47.3 Å². The van der Waals surface area contributed by atoms with Gasteiger partial charge in [0.15, 0.2) is 0 Å². The molecule has 2 heterocycles. The van der Waals surface area contributed by atoms with E-state index in [-0.39, 0.29) is 24.4 Å². The first-order valence-corrected chi connectivity index (χ1v) is 9.56. The summed E-state index contributed by atoms with van der Waals surface area (Å²) in [6, 6.07) is 8.69. The van der Waals surface area contributed by atoms with E-state index in [4.69, 9.17) is 10.8 Å². The number of aromatic nitrogens is 2. The van der Waals surface area contributed by atoms with Crippen molar-refractivity contribution in [2.45, 2.75) is 59.0 Å². The normalized spacial score (nSPS) is 16.9. The Labute approximate surface area is 168 Å². The van der Waals surface area contributed by atoms with E-state index in [1.807, 2.05) is 11.8 Å². The van der Waals surface area contributed by atoms with Crippen molar-refractivity contribution in [1.29, 1.82) is 0 Å². The van der Waals surface area contributed by atoms with Crippen LogP contribution < -0.4 is 5.73 Å². The molecule has 2 aromatic rings. The largest absolute Gasteiger partial charge is 0.341 e. The van der Waals surface area contributed by atoms with Crippen LogP contribution in [0.4, 0.5) is 0 Å². The second-order valence-corrected chi connectivity index (χ2v) is 7.53. The van der Waals surface area contributed by atoms with E-state index < -0.39 is 0 Å². The van der Waals surface area contributed by atoms with Gasteiger partial charge in [-0.05, 0) is 51.2 Å². The van der Waals surface area contributed by atoms with Crippen molar-refractivity contribution >= 4 is 18.3 Å². The summed E-state index contributed by atoms with van der Waals surface area (Å²) in [6.45, 7) is 8.54. The van der Waals surface area contributed by atoms with Gasteiger partial charge in [-0.15, -0.1) is 12.4 Å². The molecule has 1 unspecified atom stereocenters. The van der Waals surface area contributed by atoms with Crippen molar-refractivity contribution in [2.24, 2.45) is 5.73 Å². The maximum absolute atomic E-state index is 12.5. The quantitative estimate of drug-likeness (QED) is 0.852. The third-order valence-corrected chi connectivity index (χ3v) is 5.38. The number of aryl methyl sites for hydroxylation is 2. The summed E-state index contributed by atoms with van der Waals surface area (Å²) in [4.78, 5) is 14.4. The Morgan fingerprint density at radius 2 is 1.93 bits per heavy atom. The minimum atomic E-state index is 0. The standard InChI is InChI=1S/C21H30N4O.ClH/c1-15-6-8-18(9-7-15)13-25-17(3)20(16(2)23-25)10-11-21(26)24-12-4-5-19(22)14-24;/h6-9,19H,4-5,10-14,22H2,1-3H3;1H. The van der Waals surface area contributed by atoms with E-state index in [2.05, 4.69) is 42.8 Å². The highest BCUT2D eigenvalue weighted by Gasteiger charge is 2.22. The maximum atomic E-state index is 12.5. The van der Waals surface area contributed by atoms with Gasteiger partial charge in [-0.1, -0.05) is 29.8 Å². The van der Waals surface area contributed by atoms with Gasteiger partial charge in [-0.3, -0.25) is 9.48 Å². The molecule has 1 aromatic carbocycles. The van der Waals surface area contributed by atoms with Gasteiger partial charge in [0.05, 0.1) is 12.2 Å². The van der Waals surface area contributed by atoms with Crippen molar-refractivity contribution in [1.82, 2.24) is 14.7 Å². The number of carbonyl (C=O) groups is 1. The molecule has 0 aliphatic carbocycles. The zero-order valence-electron chi connectivity index (χ0n) is 16.6. The van der Waals surface area contributed by atoms with E-state index in [1.165, 1.54) is 16.7 Å². The molecule has 5 nitrogen and oxygen atoms in total. The lowest BCUT2D eigenvalue weighted by Gasteiger charge is -2.30. The first kappa shape index (κ1) is 21.5. The number of amides is 1. The molecular formula is C21H31ClN4O. The average molecular weight is 391 g/mol. The third-order valence-electron chi connectivity index (χ3n) is 5.38. The first-order valence-electron chi connectivity index (χ1n) is 9.56. The number of halogens is 1. The molecule has 1 amide bonds. The second kappa shape index (κ2) is 9.38. The molecule has 27 heavy (non-hydrogen) atoms. The lowest BCUT2D eigenvalue weighted by molar-refractivity contribution is -0.132. The Balaban J connectivity index is 0.00000261. The summed E-state index contributed by atoms with van der Waals surface area (Å²) in [6.07, 6.45) is 3.31. The number of benzene rings is 1. The molecule has 2 N–H and O–H groups in total. The van der Waals surface area contributed by atoms with Crippen LogP contribution in [0.5, 0.6) is 0 Å². The summed E-state index contributed by atoms with van der Waals surface area (Å²) in [5.41, 5.74) is 11.9. The smallest absolute Gasteiger partial charge is 0.222 e. The van der Waals surface area contributed by atoms with Crippen LogP contribution >= 0.6 is 12.4 Å². The molecule has 1 aliphatic rings. The van der Waals surface area contributed by atoms with Crippen molar-refractivity contribution in [3.05, 3.63) is 52.3 Å². The molecule has 6 heteroatoms. The van der Waals surface area contributed by atoms with Crippen LogP contribution in [-0.2, 0) is 17.8 Å². The molecule has 0 radical (unpaired) electrons. The molecular weight excluding hydrogens is 360 g/mol. The Hall–Kier alpha value is -1.85. The van der Waals surface area contributed by atoms with Crippen LogP contribution in [0.3, 0.4) is 0 Å². The van der Waals surface area contributed by atoms with Crippen molar-refractivity contribution < 1.29 is 4.79 Å². The van der Waals surface area contributed by atoms with E-state index in [9.17, 15) is 4.79 Å². The van der Waals surface area contributed by atoms with Gasteiger partial charge in [-0.25, -0.2) is 0 Å². The summed E-state index contributed by atoms with van der Waals surface area (Å²) in [5, 5.41) is 4.70. The van der Waals surface area contributed by atoms with Crippen molar-refractivity contribution in [3.8, 4) is 0 Å². The molecule has 0 bridgehead atoms. The van der Waals surface area contributed by atoms with Crippen LogP contribution in [0.15, 0.2) is 24.3 Å². The minimum Gasteiger partial charge on any atom is -0.341 e. The Morgan fingerprint density at radius 3 is 2.59 bits per heavy atom. The number of piperidine rings is 1. The second-order valence-electron chi connectivity index (χ2n) is 7.53. The number of hydrogen-bond donors (Lipinski definition) is 1. The summed E-state index contributed by atoms with van der Waals surface area (Å²) < 4.78 is 2.05. The van der Waals surface area contributed by atoms with Crippen LogP contribution in [-0.4, -0.2) is 39.7 Å². The van der Waals surface area contributed by atoms with Gasteiger partial charge < -0.3 is 10.6 Å². The van der Waals surface area contributed by atoms with E-state index in [0.717, 1.165) is 43.7 Å². The summed E-state index contributed by atoms with van der Waals surface area (Å²) in [7, 11) is 0. The zero-order valence-corrected chi connectivity index (χ0v) is 17.4. The summed E-state index contributed by atoms with van der Waals surface area (Å²) in [5.74, 6) is 0.213. The fourth-order valence-electron chi connectivity index (χ4n) is 3.74. The van der Waals surface area contributed by atoms with Gasteiger partial charge in [0.25, 0.3) is 0 Å². The molecule has 0 spiro atoms. The Kier molecular flexibility index (Phi) is 7.45. The maximum Gasteiger partial charge on any atom is 0.222 e. The first-order chi connectivity index (χ1) is 12.4. The predicted octanol–water partition coefficient (Wildman–Crippen LogP) is 3.16. The Bertz CT molecular complexity index is 769. The van der Waals surface area contributed by atoms with E-state index >= 15 is 0 Å². The molecule has 148 valence electrons. The number of rotatable bonds is 5. The number of carbonyl (C=O) groups excluding carboxylic acids is 1. The highest BCUT2D eigenvalue weighted by molar-refractivity contribution is 5.85. The van der Waals surface area contributed by atoms with Gasteiger partial charge in [0, 0.05) is 31.2 Å². The van der Waals surface area contributed by atoms with Gasteiger partial charge in [0.2, 0.25) is 5.91 Å². The lowest BCUT2D eigenvalue weighted by atomic mass is 10.0. The topological polar surface area (TPSA) is 64.2 Å². The summed E-state index contributed by atoms with van der Waals surface area (Å²) >= 11 is 0. The molecule has 0 saturated carbocycles. The molecule has 3 rings (SSSR count). The fraction of sp³-hybridized carbons (Fsp3) is 0.524. The monoisotopic (exact) mass is 390 g/mol. The van der Waals surface area contributed by atoms with E-state index in [0.29, 0.717) is 13.0 Å². The molecule has 1 aliphatic heterocycles. The fourth-order valence-corrected chi connectivity index (χ4v) is 3.74. The minimum absolute atomic E-state index is 0. The average Bonchev–Trinajstić information content (AvgIpc) is 2.88. The third kappa shape index (κ3) is 5.33. The number of likely N-dealkylation sites (tertiary alicyclic amines) is 1. The van der Waals surface area contributed by atoms with Crippen molar-refractivity contribution in [3.63, 3.8) is 0 Å². The van der Waals surface area contributed by atoms with Gasteiger partial charge in [-0.2, -0.15) is 5.10 Å². The van der Waals surface area contributed by atoms with Crippen LogP contribution in [0, 0.1) is 20.8 Å². The molecule has 1 saturated heterocycles.